The summed E-state index contributed by atoms with van der Waals surface area (Å²) in [6.07, 6.45) is 6.63. The maximum absolute atomic E-state index is 5.99. The summed E-state index contributed by atoms with van der Waals surface area (Å²) in [5.74, 6) is 1.70. The van der Waals surface area contributed by atoms with E-state index in [1.165, 1.54) is 32.1 Å². The number of hydrogen-bond donors (Lipinski definition) is 2. The van der Waals surface area contributed by atoms with Gasteiger partial charge >= 0.3 is 0 Å². The maximum atomic E-state index is 5.99. The fourth-order valence-corrected chi connectivity index (χ4v) is 2.56. The molecule has 0 bridgehead atoms. The van der Waals surface area contributed by atoms with E-state index in [2.05, 4.69) is 26.1 Å². The van der Waals surface area contributed by atoms with Crippen molar-refractivity contribution in [3.8, 4) is 0 Å². The molecular formula is C14H30N2. The molecule has 0 amide bonds. The highest BCUT2D eigenvalue weighted by Crippen LogP contribution is 2.37. The molecule has 0 saturated heterocycles. The van der Waals surface area contributed by atoms with Crippen molar-refractivity contribution < 1.29 is 0 Å². The van der Waals surface area contributed by atoms with Crippen LogP contribution in [0.3, 0.4) is 0 Å². The van der Waals surface area contributed by atoms with Crippen LogP contribution in [0.4, 0.5) is 0 Å². The average molecular weight is 226 g/mol. The second-order valence-corrected chi connectivity index (χ2v) is 6.03. The van der Waals surface area contributed by atoms with Crippen LogP contribution < -0.4 is 11.1 Å². The lowest BCUT2D eigenvalue weighted by atomic mass is 9.71. The molecular weight excluding hydrogens is 196 g/mol. The molecule has 1 saturated carbocycles. The first-order valence-corrected chi connectivity index (χ1v) is 7.02. The van der Waals surface area contributed by atoms with Gasteiger partial charge in [0.25, 0.3) is 0 Å². The average Bonchev–Trinajstić information content (AvgIpc) is 2.32. The molecule has 1 rings (SSSR count). The summed E-state index contributed by atoms with van der Waals surface area (Å²) in [7, 11) is 0. The lowest BCUT2D eigenvalue weighted by molar-refractivity contribution is 0.157. The molecule has 0 aromatic carbocycles. The van der Waals surface area contributed by atoms with Crippen molar-refractivity contribution in [2.24, 2.45) is 23.0 Å². The van der Waals surface area contributed by atoms with Crippen molar-refractivity contribution in [2.75, 3.05) is 19.6 Å². The molecule has 2 nitrogen and oxygen atoms in total. The van der Waals surface area contributed by atoms with Gasteiger partial charge in [-0.3, -0.25) is 0 Å². The molecule has 3 N–H and O–H groups in total. The lowest BCUT2D eigenvalue weighted by Crippen LogP contribution is -2.43. The van der Waals surface area contributed by atoms with Crippen LogP contribution in [0.5, 0.6) is 0 Å². The first-order valence-electron chi connectivity index (χ1n) is 7.02. The Morgan fingerprint density at radius 3 is 2.50 bits per heavy atom. The highest BCUT2D eigenvalue weighted by atomic mass is 14.9. The largest absolute Gasteiger partial charge is 0.330 e. The monoisotopic (exact) mass is 226 g/mol. The van der Waals surface area contributed by atoms with Crippen molar-refractivity contribution in [3.63, 3.8) is 0 Å². The van der Waals surface area contributed by atoms with Crippen LogP contribution in [0.15, 0.2) is 0 Å². The van der Waals surface area contributed by atoms with Gasteiger partial charge in [0.1, 0.15) is 0 Å². The van der Waals surface area contributed by atoms with Gasteiger partial charge in [-0.05, 0) is 43.2 Å². The Balaban J connectivity index is 2.30. The van der Waals surface area contributed by atoms with Crippen molar-refractivity contribution in [3.05, 3.63) is 0 Å². The Kier molecular flexibility index (Phi) is 5.77. The zero-order chi connectivity index (χ0) is 12.0. The number of nitrogens with two attached hydrogens (primary N) is 1. The maximum Gasteiger partial charge on any atom is 0.00200 e. The van der Waals surface area contributed by atoms with E-state index in [1.807, 2.05) is 0 Å². The third-order valence-electron chi connectivity index (χ3n) is 4.46. The predicted octanol–water partition coefficient (Wildman–Crippen LogP) is 2.78. The van der Waals surface area contributed by atoms with E-state index in [-0.39, 0.29) is 0 Å². The smallest absolute Gasteiger partial charge is 0.00200 e. The second kappa shape index (κ2) is 6.61. The summed E-state index contributed by atoms with van der Waals surface area (Å²) in [6.45, 7) is 10.1. The Morgan fingerprint density at radius 1 is 1.38 bits per heavy atom. The van der Waals surface area contributed by atoms with E-state index < -0.39 is 0 Å². The first kappa shape index (κ1) is 14.0. The van der Waals surface area contributed by atoms with E-state index in [9.17, 15) is 0 Å². The van der Waals surface area contributed by atoms with Crippen LogP contribution in [-0.2, 0) is 0 Å². The Hall–Kier alpha value is -0.0800. The summed E-state index contributed by atoms with van der Waals surface area (Å²) >= 11 is 0. The molecule has 0 spiro atoms. The molecule has 2 heteroatoms. The summed E-state index contributed by atoms with van der Waals surface area (Å²) in [6, 6.07) is 0. The minimum atomic E-state index is 0.403. The van der Waals surface area contributed by atoms with Crippen LogP contribution in [0.25, 0.3) is 0 Å². The molecule has 1 aliphatic rings. The van der Waals surface area contributed by atoms with Gasteiger partial charge in [-0.1, -0.05) is 40.0 Å². The topological polar surface area (TPSA) is 38.0 Å². The van der Waals surface area contributed by atoms with Gasteiger partial charge in [0.15, 0.2) is 0 Å². The Labute approximate surface area is 101 Å². The predicted molar refractivity (Wildman–Crippen MR) is 71.4 cm³/mol. The van der Waals surface area contributed by atoms with Gasteiger partial charge in [0.05, 0.1) is 0 Å². The minimum absolute atomic E-state index is 0.403. The molecule has 1 atom stereocenters. The molecule has 1 fully saturated rings. The van der Waals surface area contributed by atoms with Crippen LogP contribution in [0, 0.1) is 17.3 Å². The summed E-state index contributed by atoms with van der Waals surface area (Å²) in [5.41, 5.74) is 6.40. The van der Waals surface area contributed by atoms with E-state index in [4.69, 9.17) is 5.73 Å². The number of hydrogen-bond acceptors (Lipinski definition) is 2. The van der Waals surface area contributed by atoms with Crippen molar-refractivity contribution in [2.45, 2.75) is 52.9 Å². The van der Waals surface area contributed by atoms with Crippen LogP contribution in [-0.4, -0.2) is 19.6 Å². The standard InChI is InChI=1S/C14H30N2/c1-4-12(2)9-16-11-14(10-15)7-5-13(3)6-8-14/h12-13,16H,4-11,15H2,1-3H3. The van der Waals surface area contributed by atoms with Gasteiger partial charge < -0.3 is 11.1 Å². The number of nitrogens with one attached hydrogen (secondary N) is 1. The molecule has 1 aliphatic carbocycles. The SMILES string of the molecule is CCC(C)CNCC1(CN)CCC(C)CC1. The molecule has 0 heterocycles. The van der Waals surface area contributed by atoms with E-state index in [0.29, 0.717) is 5.41 Å². The van der Waals surface area contributed by atoms with Gasteiger partial charge in [-0.25, -0.2) is 0 Å². The van der Waals surface area contributed by atoms with Crippen molar-refractivity contribution in [1.29, 1.82) is 0 Å². The lowest BCUT2D eigenvalue weighted by Gasteiger charge is -2.39. The molecule has 0 aromatic heterocycles. The van der Waals surface area contributed by atoms with E-state index >= 15 is 0 Å². The first-order chi connectivity index (χ1) is 7.62. The van der Waals surface area contributed by atoms with Crippen LogP contribution in [0.2, 0.25) is 0 Å². The summed E-state index contributed by atoms with van der Waals surface area (Å²) < 4.78 is 0. The van der Waals surface area contributed by atoms with Crippen LogP contribution >= 0.6 is 0 Å². The van der Waals surface area contributed by atoms with E-state index in [0.717, 1.165) is 31.5 Å². The molecule has 16 heavy (non-hydrogen) atoms. The third-order valence-corrected chi connectivity index (χ3v) is 4.46. The normalized spacial score (nSPS) is 32.6. The van der Waals surface area contributed by atoms with Crippen LogP contribution in [0.1, 0.15) is 52.9 Å². The molecule has 0 aromatic rings. The molecule has 1 unspecified atom stereocenters. The zero-order valence-electron chi connectivity index (χ0n) is 11.4. The fraction of sp³-hybridized carbons (Fsp3) is 1.00. The molecule has 96 valence electrons. The number of rotatable bonds is 6. The highest BCUT2D eigenvalue weighted by Gasteiger charge is 2.32. The van der Waals surface area contributed by atoms with Crippen molar-refractivity contribution in [1.82, 2.24) is 5.32 Å². The van der Waals surface area contributed by atoms with Crippen molar-refractivity contribution >= 4 is 0 Å². The molecule has 0 radical (unpaired) electrons. The Morgan fingerprint density at radius 2 is 2.00 bits per heavy atom. The second-order valence-electron chi connectivity index (χ2n) is 6.03. The highest BCUT2D eigenvalue weighted by molar-refractivity contribution is 4.87. The van der Waals surface area contributed by atoms with Gasteiger partial charge in [-0.15, -0.1) is 0 Å². The minimum Gasteiger partial charge on any atom is -0.330 e. The summed E-state index contributed by atoms with van der Waals surface area (Å²) in [4.78, 5) is 0. The van der Waals surface area contributed by atoms with E-state index in [1.54, 1.807) is 0 Å². The zero-order valence-corrected chi connectivity index (χ0v) is 11.4. The van der Waals surface area contributed by atoms with Gasteiger partial charge in [0, 0.05) is 6.54 Å². The fourth-order valence-electron chi connectivity index (χ4n) is 2.56. The van der Waals surface area contributed by atoms with Gasteiger partial charge in [-0.2, -0.15) is 0 Å². The quantitative estimate of drug-likeness (QED) is 0.731. The molecule has 0 aliphatic heterocycles. The summed E-state index contributed by atoms with van der Waals surface area (Å²) in [5, 5.41) is 3.63. The Bertz CT molecular complexity index is 183. The van der Waals surface area contributed by atoms with Gasteiger partial charge in [0.2, 0.25) is 0 Å². The third kappa shape index (κ3) is 4.06.